The Hall–Kier alpha value is -1.39. The van der Waals surface area contributed by atoms with E-state index in [0.717, 1.165) is 32.1 Å². The summed E-state index contributed by atoms with van der Waals surface area (Å²) in [5.41, 5.74) is 0.196. The van der Waals surface area contributed by atoms with Gasteiger partial charge in [0.15, 0.2) is 0 Å². The number of carbonyl (C=O) groups is 1. The third-order valence-electron chi connectivity index (χ3n) is 4.72. The smallest absolute Gasteiger partial charge is 0.328 e. The molecular weight excluding hydrogens is 302 g/mol. The minimum atomic E-state index is -0.715. The van der Waals surface area contributed by atoms with E-state index in [9.17, 15) is 4.79 Å². The number of hydrogen-bond acceptors (Lipinski definition) is 4. The van der Waals surface area contributed by atoms with Crippen LogP contribution in [0.5, 0.6) is 0 Å². The number of ether oxygens (including phenoxy) is 1. The summed E-state index contributed by atoms with van der Waals surface area (Å²) in [4.78, 5) is 18.6. The van der Waals surface area contributed by atoms with Crippen LogP contribution in [-0.2, 0) is 20.8 Å². The number of morpholine rings is 1. The molecule has 1 aromatic carbocycles. The summed E-state index contributed by atoms with van der Waals surface area (Å²) in [6.45, 7) is 9.18. The first-order valence-electron chi connectivity index (χ1n) is 9.04. The lowest BCUT2D eigenvalue weighted by atomic mass is 9.88. The van der Waals surface area contributed by atoms with Gasteiger partial charge in [-0.05, 0) is 39.2 Å². The van der Waals surface area contributed by atoms with Gasteiger partial charge in [0.05, 0.1) is 12.1 Å². The summed E-state index contributed by atoms with van der Waals surface area (Å²) >= 11 is 0. The molecule has 0 amide bonds. The van der Waals surface area contributed by atoms with Crippen molar-refractivity contribution in [2.24, 2.45) is 0 Å². The average Bonchev–Trinajstić information content (AvgIpc) is 2.56. The predicted molar refractivity (Wildman–Crippen MR) is 95.5 cm³/mol. The molecule has 1 heterocycles. The van der Waals surface area contributed by atoms with Crippen molar-refractivity contribution in [1.82, 2.24) is 5.06 Å². The second kappa shape index (κ2) is 8.13. The molecule has 1 saturated heterocycles. The van der Waals surface area contributed by atoms with Crippen molar-refractivity contribution >= 4 is 5.97 Å². The van der Waals surface area contributed by atoms with Crippen LogP contribution < -0.4 is 0 Å². The van der Waals surface area contributed by atoms with Gasteiger partial charge in [0.25, 0.3) is 0 Å². The van der Waals surface area contributed by atoms with E-state index in [2.05, 4.69) is 32.9 Å². The maximum Gasteiger partial charge on any atom is 0.328 e. The molecular formula is C20H31NO3. The van der Waals surface area contributed by atoms with Gasteiger partial charge in [-0.15, -0.1) is 0 Å². The first kappa shape index (κ1) is 18.9. The van der Waals surface area contributed by atoms with Crippen molar-refractivity contribution in [1.29, 1.82) is 0 Å². The van der Waals surface area contributed by atoms with E-state index in [0.29, 0.717) is 13.2 Å². The standard InChI is InChI=1S/C20H31NO3/c1-5-6-10-14-20(4)18(22)23-16-19(2,3)21(20)24-15-13-17-11-8-7-9-12-17/h7-9,11-12H,5-6,10,13-16H2,1-4H3. The Bertz CT molecular complexity index is 529. The molecule has 0 saturated carbocycles. The third kappa shape index (κ3) is 4.37. The molecule has 0 spiro atoms. The lowest BCUT2D eigenvalue weighted by molar-refractivity contribution is -0.297. The largest absolute Gasteiger partial charge is 0.462 e. The zero-order valence-corrected chi connectivity index (χ0v) is 15.5. The van der Waals surface area contributed by atoms with Crippen LogP contribution >= 0.6 is 0 Å². The zero-order valence-electron chi connectivity index (χ0n) is 15.5. The zero-order chi connectivity index (χ0) is 17.6. The molecule has 0 N–H and O–H groups in total. The molecule has 0 aliphatic carbocycles. The van der Waals surface area contributed by atoms with E-state index in [1.54, 1.807) is 0 Å². The van der Waals surface area contributed by atoms with Crippen LogP contribution in [0, 0.1) is 0 Å². The van der Waals surface area contributed by atoms with E-state index in [4.69, 9.17) is 9.57 Å². The molecule has 0 bridgehead atoms. The number of cyclic esters (lactones) is 1. The van der Waals surface area contributed by atoms with Gasteiger partial charge in [-0.1, -0.05) is 56.5 Å². The van der Waals surface area contributed by atoms with Crippen molar-refractivity contribution in [3.63, 3.8) is 0 Å². The summed E-state index contributed by atoms with van der Waals surface area (Å²) < 4.78 is 5.47. The van der Waals surface area contributed by atoms with Crippen LogP contribution in [0.4, 0.5) is 0 Å². The summed E-state index contributed by atoms with van der Waals surface area (Å²) in [5, 5.41) is 1.91. The highest BCUT2D eigenvalue weighted by Crippen LogP contribution is 2.36. The molecule has 0 radical (unpaired) electrons. The van der Waals surface area contributed by atoms with Crippen LogP contribution in [0.3, 0.4) is 0 Å². The fraction of sp³-hybridized carbons (Fsp3) is 0.650. The lowest BCUT2D eigenvalue weighted by Gasteiger charge is -2.50. The Morgan fingerprint density at radius 3 is 2.54 bits per heavy atom. The number of unbranched alkanes of at least 4 members (excludes halogenated alkanes) is 2. The molecule has 134 valence electrons. The van der Waals surface area contributed by atoms with Crippen molar-refractivity contribution in [2.45, 2.75) is 70.9 Å². The Morgan fingerprint density at radius 1 is 1.17 bits per heavy atom. The number of nitrogens with zero attached hydrogens (tertiary/aromatic N) is 1. The first-order valence-corrected chi connectivity index (χ1v) is 9.04. The fourth-order valence-electron chi connectivity index (χ4n) is 3.35. The minimum absolute atomic E-state index is 0.169. The quantitative estimate of drug-likeness (QED) is 0.529. The normalized spacial score (nSPS) is 23.9. The SMILES string of the molecule is CCCCCC1(C)C(=O)OCC(C)(C)N1OCCc1ccccc1. The summed E-state index contributed by atoms with van der Waals surface area (Å²) in [7, 11) is 0. The second-order valence-corrected chi connectivity index (χ2v) is 7.48. The molecule has 0 aromatic heterocycles. The Labute approximate surface area is 146 Å². The number of rotatable bonds is 8. The Balaban J connectivity index is 2.06. The monoisotopic (exact) mass is 333 g/mol. The van der Waals surface area contributed by atoms with Crippen LogP contribution in [-0.4, -0.2) is 35.3 Å². The molecule has 1 aromatic rings. The maximum atomic E-state index is 12.5. The van der Waals surface area contributed by atoms with E-state index < -0.39 is 5.54 Å². The molecule has 4 nitrogen and oxygen atoms in total. The van der Waals surface area contributed by atoms with Gasteiger partial charge in [-0.25, -0.2) is 4.79 Å². The van der Waals surface area contributed by atoms with Gasteiger partial charge in [-0.2, -0.15) is 5.06 Å². The maximum absolute atomic E-state index is 12.5. The van der Waals surface area contributed by atoms with E-state index in [1.807, 2.05) is 30.2 Å². The van der Waals surface area contributed by atoms with E-state index >= 15 is 0 Å². The summed E-state index contributed by atoms with van der Waals surface area (Å²) in [6, 6.07) is 10.3. The van der Waals surface area contributed by atoms with E-state index in [1.165, 1.54) is 5.56 Å². The Morgan fingerprint density at radius 2 is 1.88 bits per heavy atom. The van der Waals surface area contributed by atoms with Crippen LogP contribution in [0.25, 0.3) is 0 Å². The fourth-order valence-corrected chi connectivity index (χ4v) is 3.35. The van der Waals surface area contributed by atoms with Gasteiger partial charge >= 0.3 is 5.97 Å². The molecule has 1 aliphatic heterocycles. The molecule has 1 fully saturated rings. The first-order chi connectivity index (χ1) is 11.4. The van der Waals surface area contributed by atoms with Crippen LogP contribution in [0.2, 0.25) is 0 Å². The second-order valence-electron chi connectivity index (χ2n) is 7.48. The van der Waals surface area contributed by atoms with Crippen molar-refractivity contribution in [3.05, 3.63) is 35.9 Å². The molecule has 4 heteroatoms. The van der Waals surface area contributed by atoms with Gasteiger partial charge in [-0.3, -0.25) is 4.84 Å². The molecule has 24 heavy (non-hydrogen) atoms. The number of esters is 1. The number of hydroxylamine groups is 2. The number of carbonyl (C=O) groups excluding carboxylic acids is 1. The summed E-state index contributed by atoms with van der Waals surface area (Å²) in [5.74, 6) is -0.169. The van der Waals surface area contributed by atoms with Crippen LogP contribution in [0.1, 0.15) is 58.9 Å². The highest BCUT2D eigenvalue weighted by atomic mass is 16.7. The average molecular weight is 333 g/mol. The highest BCUT2D eigenvalue weighted by molar-refractivity contribution is 5.81. The van der Waals surface area contributed by atoms with Gasteiger partial charge in [0.1, 0.15) is 12.1 Å². The van der Waals surface area contributed by atoms with Crippen molar-refractivity contribution in [3.8, 4) is 0 Å². The van der Waals surface area contributed by atoms with Crippen LogP contribution in [0.15, 0.2) is 30.3 Å². The topological polar surface area (TPSA) is 38.8 Å². The summed E-state index contributed by atoms with van der Waals surface area (Å²) in [6.07, 6.45) is 4.82. The molecule has 1 aliphatic rings. The van der Waals surface area contributed by atoms with Gasteiger partial charge in [0, 0.05) is 0 Å². The van der Waals surface area contributed by atoms with Gasteiger partial charge < -0.3 is 4.74 Å². The van der Waals surface area contributed by atoms with Gasteiger partial charge in [0.2, 0.25) is 0 Å². The van der Waals surface area contributed by atoms with E-state index in [-0.39, 0.29) is 11.5 Å². The lowest BCUT2D eigenvalue weighted by Crippen LogP contribution is -2.66. The molecule has 1 atom stereocenters. The molecule has 1 unspecified atom stereocenters. The predicted octanol–water partition coefficient (Wildman–Crippen LogP) is 4.14. The highest BCUT2D eigenvalue weighted by Gasteiger charge is 2.52. The number of benzene rings is 1. The van der Waals surface area contributed by atoms with Crippen molar-refractivity contribution < 1.29 is 14.4 Å². The Kier molecular flexibility index (Phi) is 6.41. The minimum Gasteiger partial charge on any atom is -0.462 e. The van der Waals surface area contributed by atoms with Crippen molar-refractivity contribution in [2.75, 3.05) is 13.2 Å². The molecule has 2 rings (SSSR count). The number of hydrogen-bond donors (Lipinski definition) is 0. The third-order valence-corrected chi connectivity index (χ3v) is 4.72.